The number of nitrogens with one attached hydrogen (secondary N) is 1. The smallest absolute Gasteiger partial charge is 0.382 e. The van der Waals surface area contributed by atoms with Crippen LogP contribution in [0.3, 0.4) is 0 Å². The summed E-state index contributed by atoms with van der Waals surface area (Å²) in [4.78, 5) is 19.1. The zero-order valence-electron chi connectivity index (χ0n) is 20.5. The van der Waals surface area contributed by atoms with Crippen LogP contribution in [0.4, 0.5) is 30.2 Å². The van der Waals surface area contributed by atoms with Crippen molar-refractivity contribution in [1.82, 2.24) is 9.88 Å². The molecule has 1 aromatic heterocycles. The zero-order chi connectivity index (χ0) is 27.3. The largest absolute Gasteiger partial charge is 0.423 e. The van der Waals surface area contributed by atoms with Crippen LogP contribution in [0.25, 0.3) is 0 Å². The number of nitro groups is 1. The second kappa shape index (κ2) is 11.9. The van der Waals surface area contributed by atoms with Crippen molar-refractivity contribution in [2.24, 2.45) is 0 Å². The molecule has 0 atom stereocenters. The van der Waals surface area contributed by atoms with E-state index in [4.69, 9.17) is 22.2 Å². The zero-order valence-corrected chi connectivity index (χ0v) is 21.3. The summed E-state index contributed by atoms with van der Waals surface area (Å²) in [6.07, 6.45) is -0.216. The van der Waals surface area contributed by atoms with Gasteiger partial charge in [0.15, 0.2) is 0 Å². The van der Waals surface area contributed by atoms with Crippen LogP contribution in [0, 0.1) is 21.4 Å². The number of alkyl halides is 3. The molecule has 1 saturated heterocycles. The molecule has 2 heterocycles. The van der Waals surface area contributed by atoms with Crippen molar-refractivity contribution in [1.29, 1.82) is 5.26 Å². The molecule has 13 heteroatoms. The third kappa shape index (κ3) is 6.87. The Bertz CT molecular complexity index is 1190. The lowest BCUT2D eigenvalue weighted by Crippen LogP contribution is -2.49. The van der Waals surface area contributed by atoms with E-state index in [2.05, 4.69) is 20.1 Å². The van der Waals surface area contributed by atoms with Gasteiger partial charge in [-0.3, -0.25) is 10.1 Å². The Morgan fingerprint density at radius 3 is 2.47 bits per heavy atom. The van der Waals surface area contributed by atoms with Gasteiger partial charge in [-0.2, -0.15) is 18.4 Å². The fourth-order valence-electron chi connectivity index (χ4n) is 4.76. The highest BCUT2D eigenvalue weighted by atomic mass is 32.1. The first-order chi connectivity index (χ1) is 18.1. The van der Waals surface area contributed by atoms with E-state index in [1.54, 1.807) is 12.3 Å². The van der Waals surface area contributed by atoms with E-state index in [9.17, 15) is 23.3 Å². The Kier molecular flexibility index (Phi) is 8.63. The fraction of sp³-hybridized carbons (Fsp3) is 0.480. The van der Waals surface area contributed by atoms with Gasteiger partial charge >= 0.3 is 6.18 Å². The van der Waals surface area contributed by atoms with Crippen LogP contribution in [-0.2, 0) is 10.9 Å². The minimum absolute atomic E-state index is 0.0135. The molecule has 38 heavy (non-hydrogen) atoms. The molecular formula is C25H27F3N6O3S. The Hall–Kier alpha value is -3.50. The summed E-state index contributed by atoms with van der Waals surface area (Å²) in [5.74, 6) is 0. The number of piperazine rings is 1. The molecule has 1 N–H and O–H groups in total. The average Bonchev–Trinajstić information content (AvgIpc) is 2.92. The van der Waals surface area contributed by atoms with Crippen LogP contribution < -0.4 is 10.2 Å². The summed E-state index contributed by atoms with van der Waals surface area (Å²) in [7, 11) is 0. The highest BCUT2D eigenvalue weighted by Gasteiger charge is 2.38. The first kappa shape index (κ1) is 27.5. The van der Waals surface area contributed by atoms with Crippen molar-refractivity contribution in [2.45, 2.75) is 44.0 Å². The van der Waals surface area contributed by atoms with Crippen molar-refractivity contribution in [3.05, 3.63) is 57.9 Å². The molecule has 0 amide bonds. The van der Waals surface area contributed by atoms with Gasteiger partial charge in [0.05, 0.1) is 29.5 Å². The number of ether oxygens (including phenoxy) is 1. The second-order valence-electron chi connectivity index (χ2n) is 9.30. The van der Waals surface area contributed by atoms with Crippen molar-refractivity contribution >= 4 is 34.3 Å². The standard InChI is InChI=1S/C25H27F3N6O3S/c26-25(27,28)22-13-18(4-8-23(22)34(35)36)31-17-2-6-21(7-3-17)37-16-24(38)33-11-9-32(10-12-33)20-5-1-19(14-29)30-15-20/h1,4-5,8,13,15,17,21,31H,2-3,6-7,9-12,16H2/t17-,21-. The Morgan fingerprint density at radius 2 is 1.89 bits per heavy atom. The van der Waals surface area contributed by atoms with E-state index >= 15 is 0 Å². The van der Waals surface area contributed by atoms with Gasteiger partial charge in [0.2, 0.25) is 0 Å². The predicted octanol–water partition coefficient (Wildman–Crippen LogP) is 4.77. The van der Waals surface area contributed by atoms with Gasteiger partial charge in [0.25, 0.3) is 5.69 Å². The second-order valence-corrected chi connectivity index (χ2v) is 9.77. The van der Waals surface area contributed by atoms with Gasteiger partial charge in [0, 0.05) is 44.0 Å². The third-order valence-electron chi connectivity index (χ3n) is 6.85. The van der Waals surface area contributed by atoms with Crippen LogP contribution in [0.15, 0.2) is 36.5 Å². The Labute approximate surface area is 223 Å². The number of rotatable bonds is 7. The molecule has 0 unspecified atom stereocenters. The SMILES string of the molecule is N#Cc1ccc(N2CCN(C(=S)CO[C@H]3CC[C@H](Nc4ccc([N+](=O)[O-])c(C(F)(F)F)c4)CC3)CC2)cn1. The van der Waals surface area contributed by atoms with Crippen LogP contribution in [0.1, 0.15) is 36.9 Å². The number of halogens is 3. The average molecular weight is 549 g/mol. The molecule has 1 aliphatic carbocycles. The molecule has 0 spiro atoms. The van der Waals surface area contributed by atoms with Gasteiger partial charge < -0.3 is 19.9 Å². The number of anilines is 2. The maximum atomic E-state index is 13.2. The van der Waals surface area contributed by atoms with Crippen LogP contribution in [0.5, 0.6) is 0 Å². The summed E-state index contributed by atoms with van der Waals surface area (Å²) in [5, 5.41) is 22.9. The number of benzene rings is 1. The maximum absolute atomic E-state index is 13.2. The van der Waals surface area contributed by atoms with E-state index < -0.39 is 22.4 Å². The highest BCUT2D eigenvalue weighted by molar-refractivity contribution is 7.80. The van der Waals surface area contributed by atoms with Gasteiger partial charge in [-0.1, -0.05) is 12.2 Å². The lowest BCUT2D eigenvalue weighted by atomic mass is 9.92. The number of aromatic nitrogens is 1. The van der Waals surface area contributed by atoms with Crippen molar-refractivity contribution in [3.8, 4) is 6.07 Å². The van der Waals surface area contributed by atoms with E-state index in [0.717, 1.165) is 61.8 Å². The predicted molar refractivity (Wildman–Crippen MR) is 139 cm³/mol. The van der Waals surface area contributed by atoms with Gasteiger partial charge in [-0.25, -0.2) is 4.98 Å². The monoisotopic (exact) mass is 548 g/mol. The molecular weight excluding hydrogens is 521 g/mol. The summed E-state index contributed by atoms with van der Waals surface area (Å²) in [6, 6.07) is 8.57. The quantitative estimate of drug-likeness (QED) is 0.297. The fourth-order valence-corrected chi connectivity index (χ4v) is 5.01. The first-order valence-corrected chi connectivity index (χ1v) is 12.7. The van der Waals surface area contributed by atoms with Crippen LogP contribution in [0.2, 0.25) is 0 Å². The number of hydrogen-bond donors (Lipinski definition) is 1. The molecule has 1 aromatic carbocycles. The molecule has 9 nitrogen and oxygen atoms in total. The number of nitriles is 1. The Morgan fingerprint density at radius 1 is 1.18 bits per heavy atom. The van der Waals surface area contributed by atoms with E-state index in [-0.39, 0.29) is 17.8 Å². The van der Waals surface area contributed by atoms with Gasteiger partial charge in [0.1, 0.15) is 22.3 Å². The summed E-state index contributed by atoms with van der Waals surface area (Å²) in [5.41, 5.74) is -0.641. The summed E-state index contributed by atoms with van der Waals surface area (Å²) in [6.45, 7) is 3.42. The lowest BCUT2D eigenvalue weighted by molar-refractivity contribution is -0.388. The first-order valence-electron chi connectivity index (χ1n) is 12.3. The third-order valence-corrected chi connectivity index (χ3v) is 7.22. The van der Waals surface area contributed by atoms with Crippen LogP contribution in [-0.4, -0.2) is 64.7 Å². The molecule has 0 bridgehead atoms. The van der Waals surface area contributed by atoms with Crippen molar-refractivity contribution < 1.29 is 22.8 Å². The summed E-state index contributed by atoms with van der Waals surface area (Å²) < 4.78 is 45.8. The van der Waals surface area contributed by atoms with Crippen LogP contribution >= 0.6 is 12.2 Å². The molecule has 1 saturated carbocycles. The topological polar surface area (TPSA) is 108 Å². The van der Waals surface area contributed by atoms with E-state index in [1.165, 1.54) is 6.07 Å². The maximum Gasteiger partial charge on any atom is 0.423 e. The minimum atomic E-state index is -4.81. The van der Waals surface area contributed by atoms with Crippen molar-refractivity contribution in [3.63, 3.8) is 0 Å². The minimum Gasteiger partial charge on any atom is -0.382 e. The van der Waals surface area contributed by atoms with E-state index in [0.29, 0.717) is 25.1 Å². The molecule has 0 radical (unpaired) electrons. The number of pyridine rings is 1. The van der Waals surface area contributed by atoms with Crippen molar-refractivity contribution in [2.75, 3.05) is 43.0 Å². The number of nitrogens with zero attached hydrogens (tertiary/aromatic N) is 5. The number of hydrogen-bond acceptors (Lipinski definition) is 8. The summed E-state index contributed by atoms with van der Waals surface area (Å²) >= 11 is 5.59. The Balaban J connectivity index is 1.20. The van der Waals surface area contributed by atoms with E-state index in [1.807, 2.05) is 12.1 Å². The molecule has 2 aliphatic rings. The molecule has 2 aromatic rings. The molecule has 1 aliphatic heterocycles. The molecule has 4 rings (SSSR count). The normalized spacial score (nSPS) is 20.1. The highest BCUT2D eigenvalue weighted by Crippen LogP contribution is 2.38. The lowest BCUT2D eigenvalue weighted by Gasteiger charge is -2.37. The van der Waals surface area contributed by atoms with Gasteiger partial charge in [-0.05, 0) is 49.9 Å². The molecule has 2 fully saturated rings. The number of thiocarbonyl (C=S) groups is 1. The number of nitro benzene ring substituents is 1. The van der Waals surface area contributed by atoms with Gasteiger partial charge in [-0.15, -0.1) is 0 Å². The molecule has 202 valence electrons.